The third kappa shape index (κ3) is 3.27. The Bertz CT molecular complexity index is 394. The Balaban J connectivity index is 2.18. The molecule has 94 valence electrons. The zero-order valence-electron chi connectivity index (χ0n) is 9.63. The van der Waals surface area contributed by atoms with Crippen molar-refractivity contribution in [3.05, 3.63) is 21.6 Å². The largest absolute Gasteiger partial charge is 0.493 e. The average Bonchev–Trinajstić information content (AvgIpc) is 2.30. The minimum Gasteiger partial charge on any atom is -0.493 e. The summed E-state index contributed by atoms with van der Waals surface area (Å²) in [5, 5.41) is 4.10. The van der Waals surface area contributed by atoms with E-state index < -0.39 is 0 Å². The molecule has 3 nitrogen and oxygen atoms in total. The van der Waals surface area contributed by atoms with Gasteiger partial charge in [-0.2, -0.15) is 0 Å². The van der Waals surface area contributed by atoms with Gasteiger partial charge in [0.05, 0.1) is 23.9 Å². The predicted octanol–water partition coefficient (Wildman–Crippen LogP) is 3.70. The summed E-state index contributed by atoms with van der Waals surface area (Å²) < 4.78 is 11.7. The molecule has 0 spiro atoms. The van der Waals surface area contributed by atoms with E-state index in [1.807, 2.05) is 12.1 Å². The molecule has 0 aliphatic carbocycles. The van der Waals surface area contributed by atoms with E-state index in [-0.39, 0.29) is 0 Å². The minimum atomic E-state index is 0.322. The van der Waals surface area contributed by atoms with E-state index in [1.165, 1.54) is 0 Å². The van der Waals surface area contributed by atoms with Gasteiger partial charge in [-0.15, -0.1) is 0 Å². The first-order valence-corrected chi connectivity index (χ1v) is 6.75. The van der Waals surface area contributed by atoms with Crippen LogP contribution in [0.25, 0.3) is 0 Å². The summed E-state index contributed by atoms with van der Waals surface area (Å²) in [5.74, 6) is 0.778. The normalized spacial score (nSPS) is 20.1. The van der Waals surface area contributed by atoms with Gasteiger partial charge in [0.2, 0.25) is 0 Å². The summed E-state index contributed by atoms with van der Waals surface area (Å²) >= 11 is 9.48. The standard InChI is InChI=1S/C12H15BrClNO2/c1-16-12-10(13)5-8(14)6-11(12)15-9-3-2-4-17-7-9/h5-6,9,15H,2-4,7H2,1H3. The van der Waals surface area contributed by atoms with Crippen molar-refractivity contribution in [1.29, 1.82) is 0 Å². The monoisotopic (exact) mass is 319 g/mol. The number of methoxy groups -OCH3 is 1. The summed E-state index contributed by atoms with van der Waals surface area (Å²) in [6, 6.07) is 4.02. The number of rotatable bonds is 3. The summed E-state index contributed by atoms with van der Waals surface area (Å²) in [5.41, 5.74) is 0.905. The molecule has 1 unspecified atom stereocenters. The van der Waals surface area contributed by atoms with Crippen LogP contribution in [0.4, 0.5) is 5.69 Å². The van der Waals surface area contributed by atoms with Gasteiger partial charge >= 0.3 is 0 Å². The zero-order valence-corrected chi connectivity index (χ0v) is 12.0. The van der Waals surface area contributed by atoms with Gasteiger partial charge in [0, 0.05) is 17.7 Å². The number of anilines is 1. The Morgan fingerprint density at radius 2 is 2.35 bits per heavy atom. The molecular weight excluding hydrogens is 305 g/mol. The van der Waals surface area contributed by atoms with Crippen molar-refractivity contribution in [3.63, 3.8) is 0 Å². The molecule has 1 aliphatic rings. The first-order valence-electron chi connectivity index (χ1n) is 5.58. The first kappa shape index (κ1) is 13.0. The fourth-order valence-electron chi connectivity index (χ4n) is 1.95. The van der Waals surface area contributed by atoms with Gasteiger partial charge in [0.15, 0.2) is 5.75 Å². The molecule has 1 fully saturated rings. The van der Waals surface area contributed by atoms with Crippen LogP contribution in [0.2, 0.25) is 5.02 Å². The van der Waals surface area contributed by atoms with Crippen LogP contribution < -0.4 is 10.1 Å². The van der Waals surface area contributed by atoms with Crippen molar-refractivity contribution in [1.82, 2.24) is 0 Å². The van der Waals surface area contributed by atoms with Crippen molar-refractivity contribution in [3.8, 4) is 5.75 Å². The second kappa shape index (κ2) is 5.94. The lowest BCUT2D eigenvalue weighted by Gasteiger charge is -2.25. The second-order valence-corrected chi connectivity index (χ2v) is 5.32. The van der Waals surface area contributed by atoms with Crippen LogP contribution in [0.15, 0.2) is 16.6 Å². The Morgan fingerprint density at radius 1 is 1.53 bits per heavy atom. The summed E-state index contributed by atoms with van der Waals surface area (Å²) in [6.45, 7) is 1.59. The van der Waals surface area contributed by atoms with Crippen LogP contribution in [0.5, 0.6) is 5.75 Å². The molecule has 2 rings (SSSR count). The zero-order chi connectivity index (χ0) is 12.3. The topological polar surface area (TPSA) is 30.5 Å². The maximum atomic E-state index is 6.04. The molecule has 1 aromatic carbocycles. The molecule has 0 radical (unpaired) electrons. The molecule has 0 saturated carbocycles. The van der Waals surface area contributed by atoms with Crippen molar-refractivity contribution < 1.29 is 9.47 Å². The lowest BCUT2D eigenvalue weighted by Crippen LogP contribution is -2.30. The molecule has 5 heteroatoms. The van der Waals surface area contributed by atoms with Crippen molar-refractivity contribution in [2.24, 2.45) is 0 Å². The van der Waals surface area contributed by atoms with Crippen LogP contribution >= 0.6 is 27.5 Å². The molecule has 0 bridgehead atoms. The third-order valence-electron chi connectivity index (χ3n) is 2.73. The number of hydrogen-bond donors (Lipinski definition) is 1. The van der Waals surface area contributed by atoms with Crippen molar-refractivity contribution in [2.75, 3.05) is 25.6 Å². The van der Waals surface area contributed by atoms with Gasteiger partial charge in [-0.1, -0.05) is 11.6 Å². The first-order chi connectivity index (χ1) is 8.20. The number of hydrogen-bond acceptors (Lipinski definition) is 3. The maximum Gasteiger partial charge on any atom is 0.156 e. The van der Waals surface area contributed by atoms with Gasteiger partial charge in [-0.25, -0.2) is 0 Å². The highest BCUT2D eigenvalue weighted by molar-refractivity contribution is 9.10. The number of nitrogens with one attached hydrogen (secondary N) is 1. The SMILES string of the molecule is COc1c(Br)cc(Cl)cc1NC1CCCOC1. The minimum absolute atomic E-state index is 0.322. The molecule has 17 heavy (non-hydrogen) atoms. The summed E-state index contributed by atoms with van der Waals surface area (Å²) in [6.07, 6.45) is 2.19. The third-order valence-corrected chi connectivity index (χ3v) is 3.54. The Morgan fingerprint density at radius 3 is 3.00 bits per heavy atom. The van der Waals surface area contributed by atoms with Crippen LogP contribution in [-0.2, 0) is 4.74 Å². The lowest BCUT2D eigenvalue weighted by atomic mass is 10.1. The quantitative estimate of drug-likeness (QED) is 0.921. The Labute approximate surface area is 115 Å². The van der Waals surface area contributed by atoms with E-state index in [2.05, 4.69) is 21.2 Å². The molecule has 1 N–H and O–H groups in total. The van der Waals surface area contributed by atoms with Gasteiger partial charge < -0.3 is 14.8 Å². The molecule has 1 saturated heterocycles. The van der Waals surface area contributed by atoms with E-state index in [9.17, 15) is 0 Å². The molecule has 0 aromatic heterocycles. The second-order valence-electron chi connectivity index (χ2n) is 4.03. The van der Waals surface area contributed by atoms with E-state index in [4.69, 9.17) is 21.1 Å². The molecule has 1 aliphatic heterocycles. The van der Waals surface area contributed by atoms with Gasteiger partial charge in [-0.05, 0) is 40.9 Å². The van der Waals surface area contributed by atoms with Crippen LogP contribution in [0.1, 0.15) is 12.8 Å². The van der Waals surface area contributed by atoms with E-state index in [0.717, 1.165) is 42.0 Å². The van der Waals surface area contributed by atoms with Gasteiger partial charge in [0.25, 0.3) is 0 Å². The molecule has 1 heterocycles. The Hall–Kier alpha value is -0.450. The van der Waals surface area contributed by atoms with E-state index in [0.29, 0.717) is 11.1 Å². The fraction of sp³-hybridized carbons (Fsp3) is 0.500. The van der Waals surface area contributed by atoms with Crippen molar-refractivity contribution in [2.45, 2.75) is 18.9 Å². The van der Waals surface area contributed by atoms with Gasteiger partial charge in [-0.3, -0.25) is 0 Å². The van der Waals surface area contributed by atoms with Crippen molar-refractivity contribution >= 4 is 33.2 Å². The van der Waals surface area contributed by atoms with Crippen LogP contribution in [0, 0.1) is 0 Å². The summed E-state index contributed by atoms with van der Waals surface area (Å²) in [7, 11) is 1.65. The van der Waals surface area contributed by atoms with Crippen LogP contribution in [-0.4, -0.2) is 26.4 Å². The molecule has 0 amide bonds. The highest BCUT2D eigenvalue weighted by Gasteiger charge is 2.17. The number of benzene rings is 1. The summed E-state index contributed by atoms with van der Waals surface area (Å²) in [4.78, 5) is 0. The molecular formula is C12H15BrClNO2. The van der Waals surface area contributed by atoms with Gasteiger partial charge in [0.1, 0.15) is 0 Å². The van der Waals surface area contributed by atoms with E-state index in [1.54, 1.807) is 7.11 Å². The Kier molecular flexibility index (Phi) is 4.54. The predicted molar refractivity (Wildman–Crippen MR) is 73.2 cm³/mol. The van der Waals surface area contributed by atoms with E-state index >= 15 is 0 Å². The number of ether oxygens (including phenoxy) is 2. The smallest absolute Gasteiger partial charge is 0.156 e. The highest BCUT2D eigenvalue weighted by Crippen LogP contribution is 2.37. The highest BCUT2D eigenvalue weighted by atomic mass is 79.9. The molecule has 1 aromatic rings. The van der Waals surface area contributed by atoms with Crippen LogP contribution in [0.3, 0.4) is 0 Å². The molecule has 1 atom stereocenters. The number of halogens is 2. The lowest BCUT2D eigenvalue weighted by molar-refractivity contribution is 0.0875. The average molecular weight is 321 g/mol. The fourth-order valence-corrected chi connectivity index (χ4v) is 2.92. The maximum absolute atomic E-state index is 6.04.